The molecule has 28 heavy (non-hydrogen) atoms. The molecule has 2 heterocycles. The lowest BCUT2D eigenvalue weighted by Crippen LogP contribution is -2.37. The van der Waals surface area contributed by atoms with Crippen LogP contribution in [-0.2, 0) is 18.8 Å². The molecule has 0 fully saturated rings. The van der Waals surface area contributed by atoms with E-state index < -0.39 is 11.2 Å². The number of rotatable bonds is 7. The summed E-state index contributed by atoms with van der Waals surface area (Å²) in [5, 5.41) is 0.858. The SMILES string of the molecule is CCOCCSc1nc(-c2cccc(OC)c2)nc2c1c(=O)n(C)c(=O)n2C. The van der Waals surface area contributed by atoms with Gasteiger partial charge in [-0.05, 0) is 19.1 Å². The van der Waals surface area contributed by atoms with Gasteiger partial charge in [0.05, 0.1) is 13.7 Å². The van der Waals surface area contributed by atoms with E-state index in [1.165, 1.54) is 23.4 Å². The van der Waals surface area contributed by atoms with Crippen molar-refractivity contribution in [3.8, 4) is 17.1 Å². The lowest BCUT2D eigenvalue weighted by molar-refractivity contribution is 0.164. The number of nitrogens with zero attached hydrogens (tertiary/aromatic N) is 4. The van der Waals surface area contributed by atoms with Crippen LogP contribution in [0.4, 0.5) is 0 Å². The van der Waals surface area contributed by atoms with Gasteiger partial charge in [0.15, 0.2) is 11.5 Å². The maximum absolute atomic E-state index is 12.8. The van der Waals surface area contributed by atoms with E-state index in [9.17, 15) is 9.59 Å². The van der Waals surface area contributed by atoms with E-state index in [0.717, 1.165) is 10.1 Å². The minimum Gasteiger partial charge on any atom is -0.497 e. The largest absolute Gasteiger partial charge is 0.497 e. The van der Waals surface area contributed by atoms with Crippen LogP contribution >= 0.6 is 11.8 Å². The van der Waals surface area contributed by atoms with E-state index in [0.29, 0.717) is 46.6 Å². The molecule has 0 spiro atoms. The molecule has 0 radical (unpaired) electrons. The van der Waals surface area contributed by atoms with Gasteiger partial charge >= 0.3 is 5.69 Å². The normalized spacial score (nSPS) is 11.1. The van der Waals surface area contributed by atoms with Crippen LogP contribution in [0.15, 0.2) is 38.9 Å². The van der Waals surface area contributed by atoms with Gasteiger partial charge in [-0.3, -0.25) is 13.9 Å². The summed E-state index contributed by atoms with van der Waals surface area (Å²) in [6.07, 6.45) is 0. The van der Waals surface area contributed by atoms with Gasteiger partial charge in [-0.25, -0.2) is 14.8 Å². The topological polar surface area (TPSA) is 88.2 Å². The summed E-state index contributed by atoms with van der Waals surface area (Å²) in [5.74, 6) is 1.72. The number of hydrogen-bond acceptors (Lipinski definition) is 7. The zero-order chi connectivity index (χ0) is 20.3. The highest BCUT2D eigenvalue weighted by Gasteiger charge is 2.18. The molecule has 0 aliphatic rings. The number of benzene rings is 1. The van der Waals surface area contributed by atoms with Crippen LogP contribution in [0.1, 0.15) is 6.92 Å². The van der Waals surface area contributed by atoms with Crippen molar-refractivity contribution < 1.29 is 9.47 Å². The van der Waals surface area contributed by atoms with Gasteiger partial charge in [-0.15, -0.1) is 11.8 Å². The first-order chi connectivity index (χ1) is 13.5. The van der Waals surface area contributed by atoms with Crippen LogP contribution in [0.5, 0.6) is 5.75 Å². The highest BCUT2D eigenvalue weighted by atomic mass is 32.2. The van der Waals surface area contributed by atoms with Crippen LogP contribution in [-0.4, -0.2) is 45.2 Å². The molecule has 0 atom stereocenters. The molecule has 0 aliphatic carbocycles. The number of aromatic nitrogens is 4. The van der Waals surface area contributed by atoms with E-state index in [1.807, 2.05) is 31.2 Å². The summed E-state index contributed by atoms with van der Waals surface area (Å²) in [5.41, 5.74) is 0.202. The Balaban J connectivity index is 2.23. The maximum Gasteiger partial charge on any atom is 0.332 e. The van der Waals surface area contributed by atoms with Gasteiger partial charge in [0.1, 0.15) is 16.2 Å². The molecule has 3 aromatic rings. The third kappa shape index (κ3) is 3.81. The number of ether oxygens (including phenoxy) is 2. The third-order valence-electron chi connectivity index (χ3n) is 4.27. The van der Waals surface area contributed by atoms with Gasteiger partial charge in [0, 0.05) is 32.0 Å². The molecule has 2 aromatic heterocycles. The van der Waals surface area contributed by atoms with Crippen LogP contribution in [0, 0.1) is 0 Å². The Kier molecular flexibility index (Phi) is 6.15. The summed E-state index contributed by atoms with van der Waals surface area (Å²) in [6.45, 7) is 3.08. The minimum absolute atomic E-state index is 0.305. The van der Waals surface area contributed by atoms with Gasteiger partial charge < -0.3 is 9.47 Å². The van der Waals surface area contributed by atoms with Crippen LogP contribution in [0.2, 0.25) is 0 Å². The predicted molar refractivity (Wildman–Crippen MR) is 109 cm³/mol. The highest BCUT2D eigenvalue weighted by Crippen LogP contribution is 2.27. The monoisotopic (exact) mass is 402 g/mol. The molecule has 148 valence electrons. The molecule has 0 bridgehead atoms. The van der Waals surface area contributed by atoms with E-state index in [1.54, 1.807) is 14.2 Å². The lowest BCUT2D eigenvalue weighted by Gasteiger charge is -2.12. The van der Waals surface area contributed by atoms with Crippen LogP contribution < -0.4 is 16.0 Å². The average molecular weight is 402 g/mol. The number of fused-ring (bicyclic) bond motifs is 1. The molecular weight excluding hydrogens is 380 g/mol. The highest BCUT2D eigenvalue weighted by molar-refractivity contribution is 7.99. The van der Waals surface area contributed by atoms with Crippen molar-refractivity contribution in [2.75, 3.05) is 26.1 Å². The van der Waals surface area contributed by atoms with Crippen LogP contribution in [0.3, 0.4) is 0 Å². The van der Waals surface area contributed by atoms with Crippen molar-refractivity contribution in [3.05, 3.63) is 45.1 Å². The molecule has 8 nitrogen and oxygen atoms in total. The molecule has 0 aliphatic heterocycles. The van der Waals surface area contributed by atoms with Gasteiger partial charge in [0.25, 0.3) is 5.56 Å². The van der Waals surface area contributed by atoms with Crippen molar-refractivity contribution in [1.82, 2.24) is 19.1 Å². The van der Waals surface area contributed by atoms with Gasteiger partial charge in [-0.1, -0.05) is 12.1 Å². The fraction of sp³-hybridized carbons (Fsp3) is 0.368. The van der Waals surface area contributed by atoms with Crippen molar-refractivity contribution in [2.45, 2.75) is 11.9 Å². The zero-order valence-electron chi connectivity index (χ0n) is 16.3. The Bertz CT molecular complexity index is 1120. The average Bonchev–Trinajstić information content (AvgIpc) is 2.73. The minimum atomic E-state index is -0.432. The van der Waals surface area contributed by atoms with E-state index in [4.69, 9.17) is 9.47 Å². The number of thioether (sulfide) groups is 1. The quantitative estimate of drug-likeness (QED) is 0.338. The number of hydrogen-bond donors (Lipinski definition) is 0. The van der Waals surface area contributed by atoms with Gasteiger partial charge in [0.2, 0.25) is 0 Å². The van der Waals surface area contributed by atoms with Gasteiger partial charge in [-0.2, -0.15) is 0 Å². The Morgan fingerprint density at radius 1 is 1.14 bits per heavy atom. The fourth-order valence-electron chi connectivity index (χ4n) is 2.77. The summed E-state index contributed by atoms with van der Waals surface area (Å²) >= 11 is 1.41. The van der Waals surface area contributed by atoms with Crippen molar-refractivity contribution in [2.24, 2.45) is 14.1 Å². The number of aryl methyl sites for hydroxylation is 1. The Labute approximate surface area is 166 Å². The third-order valence-corrected chi connectivity index (χ3v) is 5.20. The fourth-order valence-corrected chi connectivity index (χ4v) is 3.63. The summed E-state index contributed by atoms with van der Waals surface area (Å²) < 4.78 is 13.1. The van der Waals surface area contributed by atoms with E-state index >= 15 is 0 Å². The Morgan fingerprint density at radius 2 is 1.93 bits per heavy atom. The summed E-state index contributed by atoms with van der Waals surface area (Å²) in [6, 6.07) is 7.34. The molecule has 0 saturated heterocycles. The zero-order valence-corrected chi connectivity index (χ0v) is 17.1. The van der Waals surface area contributed by atoms with Crippen molar-refractivity contribution in [1.29, 1.82) is 0 Å². The summed E-state index contributed by atoms with van der Waals surface area (Å²) in [4.78, 5) is 34.3. The van der Waals surface area contributed by atoms with E-state index in [2.05, 4.69) is 9.97 Å². The van der Waals surface area contributed by atoms with Crippen molar-refractivity contribution >= 4 is 22.8 Å². The smallest absolute Gasteiger partial charge is 0.332 e. The molecule has 0 amide bonds. The first-order valence-corrected chi connectivity index (χ1v) is 9.79. The number of methoxy groups -OCH3 is 1. The second-order valence-electron chi connectivity index (χ2n) is 6.03. The molecule has 0 N–H and O–H groups in total. The second-order valence-corrected chi connectivity index (χ2v) is 7.12. The van der Waals surface area contributed by atoms with E-state index in [-0.39, 0.29) is 0 Å². The molecule has 1 aromatic carbocycles. The first-order valence-electron chi connectivity index (χ1n) is 8.80. The molecule has 0 unspecified atom stereocenters. The standard InChI is InChI=1S/C19H22N4O4S/c1-5-27-9-10-28-17-14-16(22(2)19(25)23(3)18(14)24)20-15(21-17)12-7-6-8-13(11-12)26-4/h6-8,11H,5,9-10H2,1-4H3. The van der Waals surface area contributed by atoms with Crippen LogP contribution in [0.25, 0.3) is 22.4 Å². The molecular formula is C19H22N4O4S. The molecule has 9 heteroatoms. The lowest BCUT2D eigenvalue weighted by atomic mass is 10.2. The molecule has 0 saturated carbocycles. The predicted octanol–water partition coefficient (Wildman–Crippen LogP) is 1.83. The Morgan fingerprint density at radius 3 is 2.64 bits per heavy atom. The molecule has 3 rings (SSSR count). The van der Waals surface area contributed by atoms with Crippen molar-refractivity contribution in [3.63, 3.8) is 0 Å². The first kappa shape index (κ1) is 20.1. The maximum atomic E-state index is 12.8. The Hall–Kier alpha value is -2.65. The summed E-state index contributed by atoms with van der Waals surface area (Å²) in [7, 11) is 4.64. The second kappa shape index (κ2) is 8.57.